The molecular weight excluding hydrogens is 342 g/mol. The third-order valence-corrected chi connectivity index (χ3v) is 4.27. The fourth-order valence-electron chi connectivity index (χ4n) is 2.82. The van der Waals surface area contributed by atoms with Crippen molar-refractivity contribution in [3.63, 3.8) is 0 Å². The first-order valence-electron chi connectivity index (χ1n) is 8.95. The summed E-state index contributed by atoms with van der Waals surface area (Å²) in [5.41, 5.74) is -1.27. The van der Waals surface area contributed by atoms with E-state index in [-0.39, 0.29) is 31.9 Å². The second-order valence-corrected chi connectivity index (χ2v) is 6.21. The van der Waals surface area contributed by atoms with E-state index < -0.39 is 29.2 Å². The van der Waals surface area contributed by atoms with Crippen molar-refractivity contribution in [2.75, 3.05) is 13.2 Å². The summed E-state index contributed by atoms with van der Waals surface area (Å²) in [4.78, 5) is 58.7. The van der Waals surface area contributed by atoms with Crippen molar-refractivity contribution in [1.29, 1.82) is 0 Å². The molecule has 0 unspecified atom stereocenters. The topological polar surface area (TPSA) is 131 Å². The van der Waals surface area contributed by atoms with E-state index in [1.165, 1.54) is 0 Å². The number of esters is 1. The number of imide groups is 2. The van der Waals surface area contributed by atoms with Crippen LogP contribution in [0.15, 0.2) is 0 Å². The zero-order valence-corrected chi connectivity index (χ0v) is 15.3. The van der Waals surface area contributed by atoms with E-state index in [0.717, 1.165) is 6.42 Å². The summed E-state index contributed by atoms with van der Waals surface area (Å²) in [6.45, 7) is 3.70. The molecule has 0 atom stereocenters. The standard InChI is InChI=1S/C17H27N3O6/c1-3-5-9-17(14(23)19-16(25)20-15(17)24)10-7-6-8-12(21)18-11-13(22)26-4-2/h3-11H2,1-2H3,(H,18,21)(H2,19,20,23,24,25). The Hall–Kier alpha value is -2.45. The predicted octanol–water partition coefficient (Wildman–Crippen LogP) is 0.769. The van der Waals surface area contributed by atoms with Crippen LogP contribution >= 0.6 is 0 Å². The first kappa shape index (κ1) is 21.6. The van der Waals surface area contributed by atoms with Gasteiger partial charge in [0.25, 0.3) is 0 Å². The molecule has 9 heteroatoms. The van der Waals surface area contributed by atoms with Gasteiger partial charge in [-0.3, -0.25) is 29.8 Å². The van der Waals surface area contributed by atoms with Crippen LogP contribution in [0.2, 0.25) is 0 Å². The van der Waals surface area contributed by atoms with Gasteiger partial charge in [0, 0.05) is 6.42 Å². The highest BCUT2D eigenvalue weighted by Crippen LogP contribution is 2.33. The molecule has 0 spiro atoms. The van der Waals surface area contributed by atoms with Gasteiger partial charge in [-0.25, -0.2) is 4.79 Å². The number of carbonyl (C=O) groups excluding carboxylic acids is 5. The lowest BCUT2D eigenvalue weighted by atomic mass is 9.75. The third kappa shape index (κ3) is 6.12. The molecule has 5 amide bonds. The van der Waals surface area contributed by atoms with E-state index in [0.29, 0.717) is 25.7 Å². The van der Waals surface area contributed by atoms with Crippen LogP contribution in [0.1, 0.15) is 58.8 Å². The second kappa shape index (κ2) is 10.5. The quantitative estimate of drug-likeness (QED) is 0.280. The highest BCUT2D eigenvalue weighted by molar-refractivity contribution is 6.19. The second-order valence-electron chi connectivity index (χ2n) is 6.21. The maximum Gasteiger partial charge on any atom is 0.328 e. The van der Waals surface area contributed by atoms with Gasteiger partial charge in [0.1, 0.15) is 12.0 Å². The van der Waals surface area contributed by atoms with Gasteiger partial charge in [0.15, 0.2) is 0 Å². The van der Waals surface area contributed by atoms with Crippen molar-refractivity contribution in [1.82, 2.24) is 16.0 Å². The van der Waals surface area contributed by atoms with Gasteiger partial charge >= 0.3 is 12.0 Å². The van der Waals surface area contributed by atoms with Crippen LogP contribution in [0.3, 0.4) is 0 Å². The molecule has 0 aromatic rings. The normalized spacial score (nSPS) is 15.8. The number of unbranched alkanes of at least 4 members (excludes halogenated alkanes) is 2. The molecule has 0 saturated carbocycles. The SMILES string of the molecule is CCCCC1(CCCCC(=O)NCC(=O)OCC)C(=O)NC(=O)NC1=O. The van der Waals surface area contributed by atoms with Crippen LogP contribution in [0, 0.1) is 5.41 Å². The van der Waals surface area contributed by atoms with Crippen LogP contribution in [0.25, 0.3) is 0 Å². The van der Waals surface area contributed by atoms with Crippen molar-refractivity contribution in [2.24, 2.45) is 5.41 Å². The van der Waals surface area contributed by atoms with Crippen molar-refractivity contribution in [3.05, 3.63) is 0 Å². The number of rotatable bonds is 11. The molecule has 0 radical (unpaired) electrons. The summed E-state index contributed by atoms with van der Waals surface area (Å²) >= 11 is 0. The Morgan fingerprint density at radius 3 is 2.19 bits per heavy atom. The first-order valence-corrected chi connectivity index (χ1v) is 8.95. The summed E-state index contributed by atoms with van der Waals surface area (Å²) in [6.07, 6.45) is 3.18. The molecule has 146 valence electrons. The maximum atomic E-state index is 12.3. The Kier molecular flexibility index (Phi) is 8.74. The zero-order valence-electron chi connectivity index (χ0n) is 15.3. The Morgan fingerprint density at radius 1 is 1.00 bits per heavy atom. The van der Waals surface area contributed by atoms with E-state index >= 15 is 0 Å². The molecule has 9 nitrogen and oxygen atoms in total. The van der Waals surface area contributed by atoms with E-state index in [2.05, 4.69) is 16.0 Å². The molecule has 0 aliphatic carbocycles. The Morgan fingerprint density at radius 2 is 1.62 bits per heavy atom. The van der Waals surface area contributed by atoms with E-state index in [1.807, 2.05) is 6.92 Å². The number of barbiturate groups is 1. The minimum atomic E-state index is -1.27. The maximum absolute atomic E-state index is 12.3. The molecule has 1 aliphatic heterocycles. The van der Waals surface area contributed by atoms with Crippen LogP contribution in [-0.4, -0.2) is 42.9 Å². The molecule has 1 aliphatic rings. The number of urea groups is 1. The van der Waals surface area contributed by atoms with Gasteiger partial charge < -0.3 is 10.1 Å². The monoisotopic (exact) mass is 369 g/mol. The van der Waals surface area contributed by atoms with Crippen molar-refractivity contribution < 1.29 is 28.7 Å². The smallest absolute Gasteiger partial charge is 0.328 e. The number of hydrogen-bond acceptors (Lipinski definition) is 6. The lowest BCUT2D eigenvalue weighted by molar-refractivity contribution is -0.146. The van der Waals surface area contributed by atoms with Gasteiger partial charge in [-0.2, -0.15) is 0 Å². The summed E-state index contributed by atoms with van der Waals surface area (Å²) < 4.78 is 4.71. The average Bonchev–Trinajstić information content (AvgIpc) is 2.58. The summed E-state index contributed by atoms with van der Waals surface area (Å²) in [5.74, 6) is -1.95. The van der Waals surface area contributed by atoms with E-state index in [1.54, 1.807) is 6.92 Å². The molecule has 0 bridgehead atoms. The van der Waals surface area contributed by atoms with Gasteiger partial charge in [0.2, 0.25) is 17.7 Å². The minimum Gasteiger partial charge on any atom is -0.465 e. The number of carbonyl (C=O) groups is 5. The number of ether oxygens (including phenoxy) is 1. The summed E-state index contributed by atoms with van der Waals surface area (Å²) in [6, 6.07) is -0.800. The fourth-order valence-corrected chi connectivity index (χ4v) is 2.82. The minimum absolute atomic E-state index is 0.172. The van der Waals surface area contributed by atoms with E-state index in [9.17, 15) is 24.0 Å². The van der Waals surface area contributed by atoms with Crippen LogP contribution in [0.5, 0.6) is 0 Å². The number of nitrogens with one attached hydrogen (secondary N) is 3. The van der Waals surface area contributed by atoms with Crippen LogP contribution in [0.4, 0.5) is 4.79 Å². The molecule has 26 heavy (non-hydrogen) atoms. The van der Waals surface area contributed by atoms with Gasteiger partial charge in [0.05, 0.1) is 6.61 Å². The highest BCUT2D eigenvalue weighted by Gasteiger charge is 2.48. The molecule has 3 N–H and O–H groups in total. The summed E-state index contributed by atoms with van der Waals surface area (Å²) in [7, 11) is 0. The average molecular weight is 369 g/mol. The summed E-state index contributed by atoms with van der Waals surface area (Å²) in [5, 5.41) is 6.78. The predicted molar refractivity (Wildman–Crippen MR) is 91.8 cm³/mol. The number of hydrogen-bond donors (Lipinski definition) is 3. The fraction of sp³-hybridized carbons (Fsp3) is 0.706. The van der Waals surface area contributed by atoms with Crippen molar-refractivity contribution in [2.45, 2.75) is 58.8 Å². The third-order valence-electron chi connectivity index (χ3n) is 4.27. The molecular formula is C17H27N3O6. The van der Waals surface area contributed by atoms with Crippen molar-refractivity contribution >= 4 is 29.7 Å². The highest BCUT2D eigenvalue weighted by atomic mass is 16.5. The Balaban J connectivity index is 2.49. The van der Waals surface area contributed by atoms with Gasteiger partial charge in [-0.1, -0.05) is 26.2 Å². The molecule has 1 saturated heterocycles. The molecule has 1 heterocycles. The lowest BCUT2D eigenvalue weighted by Gasteiger charge is -2.34. The van der Waals surface area contributed by atoms with Crippen LogP contribution < -0.4 is 16.0 Å². The zero-order chi connectivity index (χ0) is 19.6. The van der Waals surface area contributed by atoms with Crippen LogP contribution in [-0.2, 0) is 23.9 Å². The molecule has 1 rings (SSSR count). The van der Waals surface area contributed by atoms with Crippen molar-refractivity contribution in [3.8, 4) is 0 Å². The van der Waals surface area contributed by atoms with Gasteiger partial charge in [-0.05, 0) is 26.2 Å². The Labute approximate surface area is 152 Å². The van der Waals surface area contributed by atoms with Gasteiger partial charge in [-0.15, -0.1) is 0 Å². The lowest BCUT2D eigenvalue weighted by Crippen LogP contribution is -2.62. The first-order chi connectivity index (χ1) is 12.4. The largest absolute Gasteiger partial charge is 0.465 e. The Bertz CT molecular complexity index is 541. The molecule has 0 aromatic carbocycles. The van der Waals surface area contributed by atoms with E-state index in [4.69, 9.17) is 4.74 Å². The number of amides is 5. The molecule has 1 fully saturated rings. The molecule has 0 aromatic heterocycles.